The maximum Gasteiger partial charge on any atom is 0.236 e. The fraction of sp³-hybridized carbons (Fsp3) is 0.733. The van der Waals surface area contributed by atoms with Gasteiger partial charge in [-0.25, -0.2) is 4.98 Å². The molecule has 0 spiro atoms. The number of likely N-dealkylation sites (tertiary alicyclic amines) is 1. The van der Waals surface area contributed by atoms with Crippen molar-refractivity contribution in [3.05, 3.63) is 16.1 Å². The summed E-state index contributed by atoms with van der Waals surface area (Å²) in [6.07, 6.45) is 1.12. The molecule has 1 fully saturated rings. The molecule has 0 N–H and O–H groups in total. The number of amides is 1. The van der Waals surface area contributed by atoms with Gasteiger partial charge in [0.1, 0.15) is 0 Å². The van der Waals surface area contributed by atoms with Crippen LogP contribution in [0.25, 0.3) is 0 Å². The average molecular weight is 310 g/mol. The van der Waals surface area contributed by atoms with Gasteiger partial charge in [-0.05, 0) is 40.4 Å². The molecule has 2 heterocycles. The molecule has 0 aliphatic carbocycles. The number of nitrogens with zero attached hydrogens (tertiary/aromatic N) is 4. The minimum absolute atomic E-state index is 0.253. The van der Waals surface area contributed by atoms with Crippen LogP contribution in [0.1, 0.15) is 17.0 Å². The minimum atomic E-state index is 0.253. The SMILES string of the molecule is Cc1ncsc1CN(C)CC1CCN(C(=O)CN(C)C)C1. The van der Waals surface area contributed by atoms with Crippen molar-refractivity contribution >= 4 is 17.2 Å². The Kier molecular flexibility index (Phi) is 5.72. The lowest BCUT2D eigenvalue weighted by atomic mass is 10.1. The van der Waals surface area contributed by atoms with Crippen LogP contribution in [0.4, 0.5) is 0 Å². The van der Waals surface area contributed by atoms with Crippen molar-refractivity contribution in [3.8, 4) is 0 Å². The Hall–Kier alpha value is -0.980. The van der Waals surface area contributed by atoms with Crippen molar-refractivity contribution in [1.29, 1.82) is 0 Å². The van der Waals surface area contributed by atoms with Gasteiger partial charge in [-0.2, -0.15) is 0 Å². The van der Waals surface area contributed by atoms with Crippen molar-refractivity contribution in [2.24, 2.45) is 5.92 Å². The molecule has 21 heavy (non-hydrogen) atoms. The van der Waals surface area contributed by atoms with Crippen LogP contribution in [-0.2, 0) is 11.3 Å². The smallest absolute Gasteiger partial charge is 0.236 e. The van der Waals surface area contributed by atoms with Gasteiger partial charge in [0.15, 0.2) is 0 Å². The van der Waals surface area contributed by atoms with E-state index in [4.69, 9.17) is 0 Å². The van der Waals surface area contributed by atoms with E-state index in [0.717, 1.165) is 38.3 Å². The Morgan fingerprint density at radius 3 is 2.86 bits per heavy atom. The summed E-state index contributed by atoms with van der Waals surface area (Å²) in [4.78, 5) is 24.0. The van der Waals surface area contributed by atoms with Crippen molar-refractivity contribution in [3.63, 3.8) is 0 Å². The summed E-state index contributed by atoms with van der Waals surface area (Å²) in [5.74, 6) is 0.845. The van der Waals surface area contributed by atoms with E-state index in [9.17, 15) is 4.79 Å². The van der Waals surface area contributed by atoms with Gasteiger partial charge < -0.3 is 14.7 Å². The first-order chi connectivity index (χ1) is 9.95. The fourth-order valence-electron chi connectivity index (χ4n) is 2.81. The number of rotatable bonds is 6. The summed E-state index contributed by atoms with van der Waals surface area (Å²) in [5.41, 5.74) is 3.05. The molecule has 0 aromatic carbocycles. The molecule has 0 saturated carbocycles. The Labute approximate surface area is 131 Å². The largest absolute Gasteiger partial charge is 0.341 e. The van der Waals surface area contributed by atoms with Crippen LogP contribution in [0.3, 0.4) is 0 Å². The van der Waals surface area contributed by atoms with Gasteiger partial charge in [0, 0.05) is 31.1 Å². The fourth-order valence-corrected chi connectivity index (χ4v) is 3.66. The topological polar surface area (TPSA) is 39.7 Å². The second-order valence-corrected chi connectivity index (χ2v) is 7.23. The van der Waals surface area contributed by atoms with E-state index in [1.54, 1.807) is 11.3 Å². The van der Waals surface area contributed by atoms with E-state index in [0.29, 0.717) is 12.5 Å². The molecule has 6 heteroatoms. The number of carbonyl (C=O) groups excluding carboxylic acids is 1. The molecule has 118 valence electrons. The van der Waals surface area contributed by atoms with E-state index in [1.807, 2.05) is 29.4 Å². The molecule has 0 bridgehead atoms. The Morgan fingerprint density at radius 1 is 1.48 bits per heavy atom. The van der Waals surface area contributed by atoms with Gasteiger partial charge in [-0.3, -0.25) is 4.79 Å². The van der Waals surface area contributed by atoms with E-state index in [-0.39, 0.29) is 5.91 Å². The molecule has 1 amide bonds. The molecule has 1 unspecified atom stereocenters. The number of hydrogen-bond donors (Lipinski definition) is 0. The van der Waals surface area contributed by atoms with Crippen molar-refractivity contribution in [2.75, 3.05) is 47.3 Å². The van der Waals surface area contributed by atoms with E-state index in [1.165, 1.54) is 4.88 Å². The molecule has 1 atom stereocenters. The highest BCUT2D eigenvalue weighted by atomic mass is 32.1. The van der Waals surface area contributed by atoms with Crippen LogP contribution in [0.2, 0.25) is 0 Å². The lowest BCUT2D eigenvalue weighted by molar-refractivity contribution is -0.130. The van der Waals surface area contributed by atoms with Crippen LogP contribution < -0.4 is 0 Å². The molecule has 0 radical (unpaired) electrons. The Morgan fingerprint density at radius 2 is 2.24 bits per heavy atom. The number of hydrogen-bond acceptors (Lipinski definition) is 5. The van der Waals surface area contributed by atoms with Gasteiger partial charge in [0.25, 0.3) is 0 Å². The third-order valence-electron chi connectivity index (χ3n) is 3.92. The molecule has 5 nitrogen and oxygen atoms in total. The molecule has 1 saturated heterocycles. The first-order valence-electron chi connectivity index (χ1n) is 7.45. The summed E-state index contributed by atoms with van der Waals surface area (Å²) in [5, 5.41) is 0. The zero-order valence-electron chi connectivity index (χ0n) is 13.5. The van der Waals surface area contributed by atoms with Crippen molar-refractivity contribution in [1.82, 2.24) is 19.7 Å². The summed E-state index contributed by atoms with van der Waals surface area (Å²) in [6, 6.07) is 0. The molecule has 1 aliphatic rings. The molecular weight excluding hydrogens is 284 g/mol. The number of aryl methyl sites for hydroxylation is 1. The number of likely N-dealkylation sites (N-methyl/N-ethyl adjacent to an activating group) is 1. The lowest BCUT2D eigenvalue weighted by Crippen LogP contribution is -2.37. The highest BCUT2D eigenvalue weighted by Gasteiger charge is 2.27. The third kappa shape index (κ3) is 4.76. The predicted octanol–water partition coefficient (Wildman–Crippen LogP) is 1.29. The van der Waals surface area contributed by atoms with E-state index < -0.39 is 0 Å². The maximum absolute atomic E-state index is 12.1. The Balaban J connectivity index is 1.77. The quantitative estimate of drug-likeness (QED) is 0.794. The van der Waals surface area contributed by atoms with Crippen molar-refractivity contribution in [2.45, 2.75) is 19.9 Å². The van der Waals surface area contributed by atoms with E-state index in [2.05, 4.69) is 23.9 Å². The number of carbonyl (C=O) groups is 1. The normalized spacial score (nSPS) is 19.0. The monoisotopic (exact) mass is 310 g/mol. The standard InChI is InChI=1S/C15H26N4OS/c1-12-14(21-11-16-12)9-18(4)7-13-5-6-19(8-13)15(20)10-17(2)3/h11,13H,5-10H2,1-4H3. The third-order valence-corrected chi connectivity index (χ3v) is 4.84. The van der Waals surface area contributed by atoms with Crippen LogP contribution in [0, 0.1) is 12.8 Å². The molecule has 1 aromatic heterocycles. The summed E-state index contributed by atoms with van der Waals surface area (Å²) < 4.78 is 0. The van der Waals surface area contributed by atoms with Crippen LogP contribution in [0.5, 0.6) is 0 Å². The minimum Gasteiger partial charge on any atom is -0.341 e. The zero-order chi connectivity index (χ0) is 15.4. The van der Waals surface area contributed by atoms with Crippen LogP contribution >= 0.6 is 11.3 Å². The maximum atomic E-state index is 12.1. The number of aromatic nitrogens is 1. The first-order valence-corrected chi connectivity index (χ1v) is 8.33. The van der Waals surface area contributed by atoms with Crippen LogP contribution in [-0.4, -0.2) is 72.9 Å². The summed E-state index contributed by atoms with van der Waals surface area (Å²) >= 11 is 1.73. The first kappa shape index (κ1) is 16.4. The average Bonchev–Trinajstić information content (AvgIpc) is 2.99. The Bertz CT molecular complexity index is 474. The van der Waals surface area contributed by atoms with Gasteiger partial charge in [-0.1, -0.05) is 0 Å². The molecule has 2 rings (SSSR count). The van der Waals surface area contributed by atoms with Gasteiger partial charge in [0.2, 0.25) is 5.91 Å². The highest BCUT2D eigenvalue weighted by Crippen LogP contribution is 2.20. The lowest BCUT2D eigenvalue weighted by Gasteiger charge is -2.22. The van der Waals surface area contributed by atoms with Crippen LogP contribution in [0.15, 0.2) is 5.51 Å². The molecular formula is C15H26N4OS. The summed E-state index contributed by atoms with van der Waals surface area (Å²) in [6.45, 7) is 6.39. The second-order valence-electron chi connectivity index (χ2n) is 6.29. The summed E-state index contributed by atoms with van der Waals surface area (Å²) in [7, 11) is 6.04. The predicted molar refractivity (Wildman–Crippen MR) is 86.4 cm³/mol. The van der Waals surface area contributed by atoms with Gasteiger partial charge in [0.05, 0.1) is 17.7 Å². The molecule has 1 aromatic rings. The number of thiazole rings is 1. The molecule has 1 aliphatic heterocycles. The van der Waals surface area contributed by atoms with Gasteiger partial charge >= 0.3 is 0 Å². The van der Waals surface area contributed by atoms with Gasteiger partial charge in [-0.15, -0.1) is 11.3 Å². The zero-order valence-corrected chi connectivity index (χ0v) is 14.3. The van der Waals surface area contributed by atoms with Crippen molar-refractivity contribution < 1.29 is 4.79 Å². The van der Waals surface area contributed by atoms with E-state index >= 15 is 0 Å². The second kappa shape index (κ2) is 7.33. The highest BCUT2D eigenvalue weighted by molar-refractivity contribution is 7.09.